The van der Waals surface area contributed by atoms with Gasteiger partial charge < -0.3 is 4.98 Å². The number of fused-ring (bicyclic) bond motifs is 1. The van der Waals surface area contributed by atoms with Crippen LogP contribution in [0.3, 0.4) is 0 Å². The first kappa shape index (κ1) is 10.9. The van der Waals surface area contributed by atoms with Crippen LogP contribution in [0.15, 0.2) is 29.8 Å². The van der Waals surface area contributed by atoms with Gasteiger partial charge in [0.1, 0.15) is 5.82 Å². The number of anilines is 1. The Balaban J connectivity index is 1.91. The number of aromatic amines is 1. The van der Waals surface area contributed by atoms with Crippen molar-refractivity contribution in [2.24, 2.45) is 0 Å². The number of nitrogens with zero attached hydrogens (tertiary/aromatic N) is 2. The molecule has 6 heteroatoms. The van der Waals surface area contributed by atoms with Crippen LogP contribution in [0.5, 0.6) is 0 Å². The molecule has 3 aromatic rings. The third-order valence-corrected chi connectivity index (χ3v) is 3.20. The molecule has 0 aliphatic heterocycles. The molecular formula is C12H10N4OS. The number of imidazole rings is 1. The lowest BCUT2D eigenvalue weighted by molar-refractivity contribution is 0.102. The summed E-state index contributed by atoms with van der Waals surface area (Å²) < 4.78 is 0. The lowest BCUT2D eigenvalue weighted by Gasteiger charge is -2.01. The fourth-order valence-corrected chi connectivity index (χ4v) is 2.26. The van der Waals surface area contributed by atoms with E-state index in [0.717, 1.165) is 16.9 Å². The lowest BCUT2D eigenvalue weighted by atomic mass is 10.2. The van der Waals surface area contributed by atoms with Gasteiger partial charge in [0.05, 0.1) is 11.0 Å². The molecule has 3 rings (SSSR count). The van der Waals surface area contributed by atoms with Crippen molar-refractivity contribution in [2.75, 3.05) is 5.32 Å². The summed E-state index contributed by atoms with van der Waals surface area (Å²) in [7, 11) is 0. The molecule has 0 unspecified atom stereocenters. The summed E-state index contributed by atoms with van der Waals surface area (Å²) in [4.78, 5) is 23.4. The number of rotatable bonds is 2. The van der Waals surface area contributed by atoms with E-state index in [4.69, 9.17) is 0 Å². The van der Waals surface area contributed by atoms with Crippen molar-refractivity contribution >= 4 is 33.4 Å². The van der Waals surface area contributed by atoms with Gasteiger partial charge in [0.15, 0.2) is 5.13 Å². The van der Waals surface area contributed by atoms with Crippen LogP contribution in [0.1, 0.15) is 16.2 Å². The maximum absolute atomic E-state index is 12.0. The van der Waals surface area contributed by atoms with Crippen LogP contribution in [-0.2, 0) is 0 Å². The minimum absolute atomic E-state index is 0.167. The van der Waals surface area contributed by atoms with Crippen LogP contribution in [0.2, 0.25) is 0 Å². The monoisotopic (exact) mass is 258 g/mol. The molecule has 0 aliphatic carbocycles. The number of hydrogen-bond donors (Lipinski definition) is 2. The van der Waals surface area contributed by atoms with Gasteiger partial charge >= 0.3 is 0 Å². The van der Waals surface area contributed by atoms with Gasteiger partial charge in [-0.15, -0.1) is 11.3 Å². The molecule has 1 aromatic carbocycles. The molecule has 0 aliphatic rings. The SMILES string of the molecule is Cc1nc2ccc(C(=O)Nc3nccs3)cc2[nH]1. The highest BCUT2D eigenvalue weighted by atomic mass is 32.1. The van der Waals surface area contributed by atoms with Crippen molar-refractivity contribution in [1.82, 2.24) is 15.0 Å². The van der Waals surface area contributed by atoms with Crippen LogP contribution in [-0.4, -0.2) is 20.9 Å². The van der Waals surface area contributed by atoms with Gasteiger partial charge in [-0.2, -0.15) is 0 Å². The smallest absolute Gasteiger partial charge is 0.257 e. The first-order chi connectivity index (χ1) is 8.72. The van der Waals surface area contributed by atoms with Crippen molar-refractivity contribution in [1.29, 1.82) is 0 Å². The fraction of sp³-hybridized carbons (Fsp3) is 0.0833. The van der Waals surface area contributed by atoms with Gasteiger partial charge in [0.2, 0.25) is 0 Å². The zero-order valence-electron chi connectivity index (χ0n) is 9.60. The van der Waals surface area contributed by atoms with Gasteiger partial charge in [-0.3, -0.25) is 10.1 Å². The number of benzene rings is 1. The van der Waals surface area contributed by atoms with Gasteiger partial charge in [0, 0.05) is 17.1 Å². The maximum atomic E-state index is 12.0. The molecule has 90 valence electrons. The normalized spacial score (nSPS) is 10.7. The Bertz CT molecular complexity index is 702. The highest BCUT2D eigenvalue weighted by Crippen LogP contribution is 2.16. The van der Waals surface area contributed by atoms with Crippen molar-refractivity contribution in [3.8, 4) is 0 Å². The Morgan fingerprint density at radius 1 is 1.44 bits per heavy atom. The van der Waals surface area contributed by atoms with E-state index >= 15 is 0 Å². The molecular weight excluding hydrogens is 248 g/mol. The van der Waals surface area contributed by atoms with Crippen molar-refractivity contribution in [3.63, 3.8) is 0 Å². The third-order valence-electron chi connectivity index (χ3n) is 2.52. The van der Waals surface area contributed by atoms with Crippen molar-refractivity contribution in [3.05, 3.63) is 41.2 Å². The number of carbonyl (C=O) groups is 1. The quantitative estimate of drug-likeness (QED) is 0.742. The van der Waals surface area contributed by atoms with Crippen LogP contribution >= 0.6 is 11.3 Å². The molecule has 0 spiro atoms. The van der Waals surface area contributed by atoms with Crippen LogP contribution < -0.4 is 5.32 Å². The molecule has 0 fully saturated rings. The molecule has 2 N–H and O–H groups in total. The molecule has 0 bridgehead atoms. The second-order valence-corrected chi connectivity index (χ2v) is 4.74. The number of hydrogen-bond acceptors (Lipinski definition) is 4. The van der Waals surface area contributed by atoms with Crippen molar-refractivity contribution < 1.29 is 4.79 Å². The molecule has 0 saturated carbocycles. The first-order valence-corrected chi connectivity index (χ1v) is 6.27. The maximum Gasteiger partial charge on any atom is 0.257 e. The lowest BCUT2D eigenvalue weighted by Crippen LogP contribution is -2.11. The average molecular weight is 258 g/mol. The second-order valence-electron chi connectivity index (χ2n) is 3.85. The Hall–Kier alpha value is -2.21. The van der Waals surface area contributed by atoms with Crippen LogP contribution in [0.25, 0.3) is 11.0 Å². The number of thiazole rings is 1. The summed E-state index contributed by atoms with van der Waals surface area (Å²) in [6.45, 7) is 1.88. The molecule has 1 amide bonds. The van der Waals surface area contributed by atoms with E-state index in [0.29, 0.717) is 10.7 Å². The summed E-state index contributed by atoms with van der Waals surface area (Å²) in [5.74, 6) is 0.668. The number of H-pyrrole nitrogens is 1. The van der Waals surface area contributed by atoms with Gasteiger partial charge in [0.25, 0.3) is 5.91 Å². The largest absolute Gasteiger partial charge is 0.342 e. The Labute approximate surface area is 107 Å². The number of aromatic nitrogens is 3. The molecule has 0 radical (unpaired) electrons. The Morgan fingerprint density at radius 3 is 3.11 bits per heavy atom. The van der Waals surface area contributed by atoms with E-state index < -0.39 is 0 Å². The minimum Gasteiger partial charge on any atom is -0.342 e. The zero-order valence-corrected chi connectivity index (χ0v) is 10.4. The Morgan fingerprint density at radius 2 is 2.33 bits per heavy atom. The topological polar surface area (TPSA) is 70.7 Å². The standard InChI is InChI=1S/C12H10N4OS/c1-7-14-9-3-2-8(6-10(9)15-7)11(17)16-12-13-4-5-18-12/h2-6H,1H3,(H,14,15)(H,13,16,17). The number of amides is 1. The van der Waals surface area contributed by atoms with E-state index in [1.54, 1.807) is 18.3 Å². The van der Waals surface area contributed by atoms with E-state index in [9.17, 15) is 4.79 Å². The molecule has 0 atom stereocenters. The fourth-order valence-electron chi connectivity index (χ4n) is 1.73. The second kappa shape index (κ2) is 4.23. The summed E-state index contributed by atoms with van der Waals surface area (Å²) in [5, 5.41) is 5.16. The first-order valence-electron chi connectivity index (χ1n) is 5.39. The van der Waals surface area contributed by atoms with E-state index in [1.165, 1.54) is 11.3 Å². The van der Waals surface area contributed by atoms with Crippen LogP contribution in [0.4, 0.5) is 5.13 Å². The van der Waals surface area contributed by atoms with Gasteiger partial charge in [-0.25, -0.2) is 9.97 Å². The zero-order chi connectivity index (χ0) is 12.5. The van der Waals surface area contributed by atoms with E-state index in [-0.39, 0.29) is 5.91 Å². The van der Waals surface area contributed by atoms with Gasteiger partial charge in [-0.1, -0.05) is 0 Å². The molecule has 2 aromatic heterocycles. The third kappa shape index (κ3) is 1.98. The highest BCUT2D eigenvalue weighted by molar-refractivity contribution is 7.13. The summed E-state index contributed by atoms with van der Waals surface area (Å²) >= 11 is 1.39. The molecule has 2 heterocycles. The molecule has 18 heavy (non-hydrogen) atoms. The number of aryl methyl sites for hydroxylation is 1. The highest BCUT2D eigenvalue weighted by Gasteiger charge is 2.09. The Kier molecular flexibility index (Phi) is 2.56. The summed E-state index contributed by atoms with van der Waals surface area (Å²) in [6.07, 6.45) is 1.65. The summed E-state index contributed by atoms with van der Waals surface area (Å²) in [6, 6.07) is 5.37. The van der Waals surface area contributed by atoms with Crippen molar-refractivity contribution in [2.45, 2.75) is 6.92 Å². The molecule has 5 nitrogen and oxygen atoms in total. The minimum atomic E-state index is -0.167. The molecule has 0 saturated heterocycles. The predicted octanol–water partition coefficient (Wildman–Crippen LogP) is 2.58. The average Bonchev–Trinajstić information content (AvgIpc) is 2.95. The van der Waals surface area contributed by atoms with E-state index in [1.807, 2.05) is 18.4 Å². The van der Waals surface area contributed by atoms with E-state index in [2.05, 4.69) is 20.3 Å². The predicted molar refractivity (Wildman–Crippen MR) is 70.9 cm³/mol. The summed E-state index contributed by atoms with van der Waals surface area (Å²) in [5.41, 5.74) is 2.30. The number of carbonyl (C=O) groups excluding carboxylic acids is 1. The van der Waals surface area contributed by atoms with Crippen LogP contribution in [0, 0.1) is 6.92 Å². The number of nitrogens with one attached hydrogen (secondary N) is 2. The van der Waals surface area contributed by atoms with Gasteiger partial charge in [-0.05, 0) is 25.1 Å².